The lowest BCUT2D eigenvalue weighted by Crippen LogP contribution is -2.47. The lowest BCUT2D eigenvalue weighted by Gasteiger charge is -2.32. The van der Waals surface area contributed by atoms with Crippen molar-refractivity contribution in [3.8, 4) is 0 Å². The van der Waals surface area contributed by atoms with Crippen LogP contribution in [0.4, 0.5) is 0 Å². The largest absolute Gasteiger partial charge is 0.349 e. The quantitative estimate of drug-likeness (QED) is 0.698. The second kappa shape index (κ2) is 8.89. The molecule has 1 saturated heterocycles. The third-order valence-electron chi connectivity index (χ3n) is 5.05. The highest BCUT2D eigenvalue weighted by Crippen LogP contribution is 2.24. The van der Waals surface area contributed by atoms with Gasteiger partial charge >= 0.3 is 0 Å². The first kappa shape index (κ1) is 22.8. The molecule has 0 aliphatic carbocycles. The Morgan fingerprint density at radius 2 is 1.68 bits per heavy atom. The van der Waals surface area contributed by atoms with E-state index < -0.39 is 20.0 Å². The summed E-state index contributed by atoms with van der Waals surface area (Å²) < 4.78 is 50.1. The fraction of sp³-hybridized carbons (Fsp3) is 0.611. The standard InChI is InChI=1S/C18H29N3O5S2/c1-5-17(14-6-8-16(9-7-14)27(4,23)24)19-18(22)15-10-12-21(13-11-15)28(25,26)20(2)3/h6-9,15,17H,5,10-13H2,1-4H3,(H,19,22). The number of piperidine rings is 1. The summed E-state index contributed by atoms with van der Waals surface area (Å²) in [5.41, 5.74) is 0.843. The van der Waals surface area contributed by atoms with Crippen LogP contribution < -0.4 is 5.32 Å². The molecule has 1 aliphatic heterocycles. The van der Waals surface area contributed by atoms with Crippen LogP contribution in [0.15, 0.2) is 29.2 Å². The SMILES string of the molecule is CCC(NC(=O)C1CCN(S(=O)(=O)N(C)C)CC1)c1ccc(S(C)(=O)=O)cc1. The summed E-state index contributed by atoms with van der Waals surface area (Å²) >= 11 is 0. The Morgan fingerprint density at radius 1 is 1.14 bits per heavy atom. The monoisotopic (exact) mass is 431 g/mol. The van der Waals surface area contributed by atoms with Crippen molar-refractivity contribution in [2.45, 2.75) is 37.1 Å². The zero-order chi connectivity index (χ0) is 21.1. The second-order valence-electron chi connectivity index (χ2n) is 7.27. The zero-order valence-corrected chi connectivity index (χ0v) is 18.4. The van der Waals surface area contributed by atoms with E-state index in [1.165, 1.54) is 22.7 Å². The first-order valence-electron chi connectivity index (χ1n) is 9.24. The summed E-state index contributed by atoms with van der Waals surface area (Å²) in [6, 6.07) is 6.31. The smallest absolute Gasteiger partial charge is 0.281 e. The van der Waals surface area contributed by atoms with Gasteiger partial charge in [0.25, 0.3) is 10.2 Å². The molecule has 1 aliphatic rings. The molecule has 1 heterocycles. The molecule has 1 aromatic rings. The summed E-state index contributed by atoms with van der Waals surface area (Å²) in [5, 5.41) is 3.02. The highest BCUT2D eigenvalue weighted by atomic mass is 32.2. The number of carbonyl (C=O) groups excluding carboxylic acids is 1. The van der Waals surface area contributed by atoms with Gasteiger partial charge in [0.2, 0.25) is 5.91 Å². The molecule has 1 N–H and O–H groups in total. The van der Waals surface area contributed by atoms with Crippen molar-refractivity contribution in [2.75, 3.05) is 33.4 Å². The summed E-state index contributed by atoms with van der Waals surface area (Å²) in [4.78, 5) is 12.9. The van der Waals surface area contributed by atoms with E-state index in [0.717, 1.165) is 11.8 Å². The van der Waals surface area contributed by atoms with Gasteiger partial charge in [-0.25, -0.2) is 8.42 Å². The molecule has 1 fully saturated rings. The van der Waals surface area contributed by atoms with Crippen LogP contribution in [-0.2, 0) is 24.8 Å². The van der Waals surface area contributed by atoms with E-state index in [-0.39, 0.29) is 22.8 Å². The first-order chi connectivity index (χ1) is 13.0. The van der Waals surface area contributed by atoms with Crippen molar-refractivity contribution in [3.63, 3.8) is 0 Å². The van der Waals surface area contributed by atoms with Crippen LogP contribution in [0, 0.1) is 5.92 Å². The number of hydrogen-bond donors (Lipinski definition) is 1. The fourth-order valence-corrected chi connectivity index (χ4v) is 5.00. The van der Waals surface area contributed by atoms with Crippen LogP contribution in [0.1, 0.15) is 37.8 Å². The van der Waals surface area contributed by atoms with Gasteiger partial charge in [-0.2, -0.15) is 17.0 Å². The maximum Gasteiger partial charge on any atom is 0.281 e. The average Bonchev–Trinajstić information content (AvgIpc) is 2.65. The number of amides is 1. The summed E-state index contributed by atoms with van der Waals surface area (Å²) in [5.74, 6) is -0.334. The Kier molecular flexibility index (Phi) is 7.24. The van der Waals surface area contributed by atoms with Crippen molar-refractivity contribution < 1.29 is 21.6 Å². The maximum atomic E-state index is 12.7. The molecule has 1 atom stereocenters. The molecule has 0 spiro atoms. The molecule has 0 aromatic heterocycles. The van der Waals surface area contributed by atoms with Gasteiger partial charge in [-0.3, -0.25) is 4.79 Å². The molecule has 0 radical (unpaired) electrons. The maximum absolute atomic E-state index is 12.7. The lowest BCUT2D eigenvalue weighted by atomic mass is 9.96. The van der Waals surface area contributed by atoms with E-state index in [2.05, 4.69) is 5.32 Å². The third kappa shape index (κ3) is 5.31. The zero-order valence-electron chi connectivity index (χ0n) is 16.8. The highest BCUT2D eigenvalue weighted by Gasteiger charge is 2.32. The van der Waals surface area contributed by atoms with Crippen LogP contribution in [0.5, 0.6) is 0 Å². The van der Waals surface area contributed by atoms with Crippen LogP contribution >= 0.6 is 0 Å². The van der Waals surface area contributed by atoms with Crippen molar-refractivity contribution in [1.29, 1.82) is 0 Å². The Labute approximate surface area is 168 Å². The van der Waals surface area contributed by atoms with Crippen LogP contribution in [0.3, 0.4) is 0 Å². The van der Waals surface area contributed by atoms with Crippen molar-refractivity contribution in [3.05, 3.63) is 29.8 Å². The molecule has 10 heteroatoms. The fourth-order valence-electron chi connectivity index (χ4n) is 3.24. The van der Waals surface area contributed by atoms with Crippen molar-refractivity contribution in [1.82, 2.24) is 13.9 Å². The number of rotatable bonds is 7. The molecule has 8 nitrogen and oxygen atoms in total. The molecule has 0 saturated carbocycles. The predicted octanol–water partition coefficient (Wildman–Crippen LogP) is 1.18. The number of nitrogens with one attached hydrogen (secondary N) is 1. The molecule has 1 aromatic carbocycles. The van der Waals surface area contributed by atoms with Gasteiger partial charge in [-0.15, -0.1) is 0 Å². The molecule has 2 rings (SSSR count). The van der Waals surface area contributed by atoms with Gasteiger partial charge in [0, 0.05) is 39.4 Å². The molecular formula is C18H29N3O5S2. The van der Waals surface area contributed by atoms with Gasteiger partial charge in [0.05, 0.1) is 10.9 Å². The minimum Gasteiger partial charge on any atom is -0.349 e. The number of carbonyl (C=O) groups is 1. The van der Waals surface area contributed by atoms with E-state index in [9.17, 15) is 21.6 Å². The topological polar surface area (TPSA) is 104 Å². The van der Waals surface area contributed by atoms with E-state index in [4.69, 9.17) is 0 Å². The molecule has 1 unspecified atom stereocenters. The predicted molar refractivity (Wildman–Crippen MR) is 108 cm³/mol. The summed E-state index contributed by atoms with van der Waals surface area (Å²) in [7, 11) is -3.72. The molecular weight excluding hydrogens is 402 g/mol. The Morgan fingerprint density at radius 3 is 2.11 bits per heavy atom. The van der Waals surface area contributed by atoms with E-state index in [1.807, 2.05) is 6.92 Å². The van der Waals surface area contributed by atoms with Gasteiger partial charge in [-0.05, 0) is 37.0 Å². The van der Waals surface area contributed by atoms with Crippen LogP contribution in [-0.4, -0.2) is 64.8 Å². The second-order valence-corrected chi connectivity index (χ2v) is 11.4. The molecule has 158 valence electrons. The average molecular weight is 432 g/mol. The number of sulfone groups is 1. The van der Waals surface area contributed by atoms with Gasteiger partial charge in [-0.1, -0.05) is 19.1 Å². The minimum atomic E-state index is -3.45. The number of benzene rings is 1. The highest BCUT2D eigenvalue weighted by molar-refractivity contribution is 7.90. The Balaban J connectivity index is 2.00. The number of hydrogen-bond acceptors (Lipinski definition) is 5. The lowest BCUT2D eigenvalue weighted by molar-refractivity contribution is -0.126. The summed E-state index contributed by atoms with van der Waals surface area (Å²) in [6.07, 6.45) is 2.77. The van der Waals surface area contributed by atoms with Crippen LogP contribution in [0.2, 0.25) is 0 Å². The summed E-state index contributed by atoms with van der Waals surface area (Å²) in [6.45, 7) is 2.58. The normalized spacial score (nSPS) is 18.2. The Hall–Kier alpha value is -1.49. The third-order valence-corrected chi connectivity index (χ3v) is 8.12. The van der Waals surface area contributed by atoms with Crippen LogP contribution in [0.25, 0.3) is 0 Å². The Bertz CT molecular complexity index is 888. The molecule has 0 bridgehead atoms. The molecule has 28 heavy (non-hydrogen) atoms. The van der Waals surface area contributed by atoms with E-state index >= 15 is 0 Å². The van der Waals surface area contributed by atoms with Gasteiger partial charge in [0.1, 0.15) is 0 Å². The van der Waals surface area contributed by atoms with E-state index in [0.29, 0.717) is 32.4 Å². The van der Waals surface area contributed by atoms with Gasteiger partial charge < -0.3 is 5.32 Å². The number of nitrogens with zero attached hydrogens (tertiary/aromatic N) is 2. The first-order valence-corrected chi connectivity index (χ1v) is 12.5. The van der Waals surface area contributed by atoms with Crippen molar-refractivity contribution in [2.24, 2.45) is 5.92 Å². The molecule has 1 amide bonds. The van der Waals surface area contributed by atoms with Gasteiger partial charge in [0.15, 0.2) is 9.84 Å². The van der Waals surface area contributed by atoms with E-state index in [1.54, 1.807) is 24.3 Å². The van der Waals surface area contributed by atoms with Crippen molar-refractivity contribution >= 4 is 26.0 Å². The minimum absolute atomic E-state index is 0.0964.